The number of benzene rings is 2. The highest BCUT2D eigenvalue weighted by Gasteiger charge is 2.14. The minimum Gasteiger partial charge on any atom is -0.493 e. The molecule has 0 spiro atoms. The van der Waals surface area contributed by atoms with Gasteiger partial charge in [-0.05, 0) is 38.1 Å². The fourth-order valence-electron chi connectivity index (χ4n) is 2.25. The van der Waals surface area contributed by atoms with Crippen molar-refractivity contribution >= 4 is 11.5 Å². The second-order valence-electron chi connectivity index (χ2n) is 5.19. The van der Waals surface area contributed by atoms with E-state index in [2.05, 4.69) is 0 Å². The zero-order valence-corrected chi connectivity index (χ0v) is 14.3. The van der Waals surface area contributed by atoms with E-state index in [0.29, 0.717) is 29.2 Å². The van der Waals surface area contributed by atoms with Crippen molar-refractivity contribution in [2.45, 2.75) is 20.5 Å². The maximum atomic E-state index is 11.6. The van der Waals surface area contributed by atoms with Crippen molar-refractivity contribution in [3.63, 3.8) is 0 Å². The largest absolute Gasteiger partial charge is 0.493 e. The number of rotatable bonds is 8. The van der Waals surface area contributed by atoms with Gasteiger partial charge in [0, 0.05) is 17.2 Å². The predicted octanol–water partition coefficient (Wildman–Crippen LogP) is 3.78. The van der Waals surface area contributed by atoms with Gasteiger partial charge in [-0.3, -0.25) is 14.9 Å². The summed E-state index contributed by atoms with van der Waals surface area (Å²) in [7, 11) is 1.45. The molecule has 25 heavy (non-hydrogen) atoms. The SMILES string of the molecule is CCOc1ccc(C(C)=O)cc1COc1cc([N+](=O)[O-])ccc1OC. The lowest BCUT2D eigenvalue weighted by atomic mass is 10.1. The van der Waals surface area contributed by atoms with Gasteiger partial charge in [-0.15, -0.1) is 0 Å². The topological polar surface area (TPSA) is 87.9 Å². The van der Waals surface area contributed by atoms with Crippen molar-refractivity contribution in [1.29, 1.82) is 0 Å². The highest BCUT2D eigenvalue weighted by atomic mass is 16.6. The molecule has 0 heterocycles. The summed E-state index contributed by atoms with van der Waals surface area (Å²) in [5.74, 6) is 1.15. The van der Waals surface area contributed by atoms with Crippen LogP contribution < -0.4 is 14.2 Å². The van der Waals surface area contributed by atoms with Gasteiger partial charge in [0.15, 0.2) is 17.3 Å². The number of ether oxygens (including phenoxy) is 3. The average molecular weight is 345 g/mol. The van der Waals surface area contributed by atoms with E-state index >= 15 is 0 Å². The average Bonchev–Trinajstić information content (AvgIpc) is 2.60. The first-order valence-corrected chi connectivity index (χ1v) is 7.68. The monoisotopic (exact) mass is 345 g/mol. The maximum Gasteiger partial charge on any atom is 0.273 e. The molecule has 0 aliphatic heterocycles. The van der Waals surface area contributed by atoms with Crippen molar-refractivity contribution in [1.82, 2.24) is 0 Å². The zero-order valence-electron chi connectivity index (χ0n) is 14.3. The summed E-state index contributed by atoms with van der Waals surface area (Å²) in [5, 5.41) is 10.9. The fraction of sp³-hybridized carbons (Fsp3) is 0.278. The number of nitro benzene ring substituents is 1. The summed E-state index contributed by atoms with van der Waals surface area (Å²) in [6, 6.07) is 9.20. The summed E-state index contributed by atoms with van der Waals surface area (Å²) in [6.45, 7) is 3.87. The quantitative estimate of drug-likeness (QED) is 0.411. The van der Waals surface area contributed by atoms with Gasteiger partial charge in [0.2, 0.25) is 0 Å². The van der Waals surface area contributed by atoms with Gasteiger partial charge >= 0.3 is 0 Å². The van der Waals surface area contributed by atoms with Crippen LogP contribution in [0.2, 0.25) is 0 Å². The number of carbonyl (C=O) groups excluding carboxylic acids is 1. The summed E-state index contributed by atoms with van der Waals surface area (Å²) < 4.78 is 16.4. The third-order valence-corrected chi connectivity index (χ3v) is 3.51. The Kier molecular flexibility index (Phi) is 5.94. The Morgan fingerprint density at radius 3 is 2.40 bits per heavy atom. The van der Waals surface area contributed by atoms with Crippen molar-refractivity contribution in [2.75, 3.05) is 13.7 Å². The molecule has 0 bridgehead atoms. The summed E-state index contributed by atoms with van der Waals surface area (Å²) in [4.78, 5) is 22.0. The molecule has 2 aromatic carbocycles. The molecule has 0 atom stereocenters. The van der Waals surface area contributed by atoms with Gasteiger partial charge < -0.3 is 14.2 Å². The normalized spacial score (nSPS) is 10.2. The molecular weight excluding hydrogens is 326 g/mol. The Bertz CT molecular complexity index is 787. The Hall–Kier alpha value is -3.09. The lowest BCUT2D eigenvalue weighted by Crippen LogP contribution is -2.04. The van der Waals surface area contributed by atoms with Crippen LogP contribution in [0, 0.1) is 10.1 Å². The summed E-state index contributed by atoms with van der Waals surface area (Å²) in [5.41, 5.74) is 1.11. The molecule has 0 saturated heterocycles. The number of non-ortho nitro benzene ring substituents is 1. The van der Waals surface area contributed by atoms with Crippen LogP contribution in [0.25, 0.3) is 0 Å². The van der Waals surface area contributed by atoms with E-state index in [4.69, 9.17) is 14.2 Å². The van der Waals surface area contributed by atoms with Crippen LogP contribution in [-0.4, -0.2) is 24.4 Å². The fourth-order valence-corrected chi connectivity index (χ4v) is 2.25. The molecular formula is C18H19NO6. The maximum absolute atomic E-state index is 11.6. The second kappa shape index (κ2) is 8.14. The first-order valence-electron chi connectivity index (χ1n) is 7.68. The molecule has 2 aromatic rings. The van der Waals surface area contributed by atoms with Gasteiger partial charge in [-0.25, -0.2) is 0 Å². The van der Waals surface area contributed by atoms with Crippen LogP contribution in [0.1, 0.15) is 29.8 Å². The van der Waals surface area contributed by atoms with Gasteiger partial charge in [0.05, 0.1) is 24.7 Å². The molecule has 0 amide bonds. The van der Waals surface area contributed by atoms with Gasteiger partial charge in [-0.1, -0.05) is 0 Å². The van der Waals surface area contributed by atoms with Crippen molar-refractivity contribution in [2.24, 2.45) is 0 Å². The van der Waals surface area contributed by atoms with E-state index in [9.17, 15) is 14.9 Å². The molecule has 0 aliphatic carbocycles. The van der Waals surface area contributed by atoms with Gasteiger partial charge in [0.25, 0.3) is 5.69 Å². The number of hydrogen-bond acceptors (Lipinski definition) is 6. The zero-order chi connectivity index (χ0) is 18.4. The van der Waals surface area contributed by atoms with Crippen LogP contribution >= 0.6 is 0 Å². The number of nitro groups is 1. The smallest absolute Gasteiger partial charge is 0.273 e. The number of carbonyl (C=O) groups is 1. The van der Waals surface area contributed by atoms with E-state index < -0.39 is 4.92 Å². The van der Waals surface area contributed by atoms with Crippen LogP contribution in [0.5, 0.6) is 17.2 Å². The molecule has 132 valence electrons. The number of nitrogens with zero attached hydrogens (tertiary/aromatic N) is 1. The molecule has 7 nitrogen and oxygen atoms in total. The molecule has 2 rings (SSSR count). The van der Waals surface area contributed by atoms with Crippen molar-refractivity contribution < 1.29 is 23.9 Å². The standard InChI is InChI=1S/C18H19NO6/c1-4-24-16-7-5-13(12(2)20)9-14(16)11-25-18-10-15(19(21)22)6-8-17(18)23-3/h5-10H,4,11H2,1-3H3. The molecule has 7 heteroatoms. The predicted molar refractivity (Wildman–Crippen MR) is 91.6 cm³/mol. The number of Topliss-reactive ketones (excluding diaryl/α,β-unsaturated/α-hetero) is 1. The summed E-state index contributed by atoms with van der Waals surface area (Å²) in [6.07, 6.45) is 0. The van der Waals surface area contributed by atoms with Crippen LogP contribution in [-0.2, 0) is 6.61 Å². The van der Waals surface area contributed by atoms with E-state index in [0.717, 1.165) is 0 Å². The number of ketones is 1. The van der Waals surface area contributed by atoms with Crippen LogP contribution in [0.15, 0.2) is 36.4 Å². The van der Waals surface area contributed by atoms with Gasteiger partial charge in [-0.2, -0.15) is 0 Å². The molecule has 0 aromatic heterocycles. The van der Waals surface area contributed by atoms with Crippen molar-refractivity contribution in [3.8, 4) is 17.2 Å². The molecule has 0 aliphatic rings. The van der Waals surface area contributed by atoms with E-state index in [1.807, 2.05) is 6.92 Å². The second-order valence-corrected chi connectivity index (χ2v) is 5.19. The molecule has 0 radical (unpaired) electrons. The molecule has 0 N–H and O–H groups in total. The minimum absolute atomic E-state index is 0.0720. The van der Waals surface area contributed by atoms with E-state index in [1.54, 1.807) is 18.2 Å². The minimum atomic E-state index is -0.506. The first kappa shape index (κ1) is 18.3. The molecule has 0 fully saturated rings. The Labute approximate surface area is 145 Å². The molecule has 0 unspecified atom stereocenters. The van der Waals surface area contributed by atoms with Crippen LogP contribution in [0.3, 0.4) is 0 Å². The lowest BCUT2D eigenvalue weighted by molar-refractivity contribution is -0.385. The Balaban J connectivity index is 2.31. The number of hydrogen-bond donors (Lipinski definition) is 0. The highest BCUT2D eigenvalue weighted by molar-refractivity contribution is 5.94. The summed E-state index contributed by atoms with van der Waals surface area (Å²) >= 11 is 0. The third-order valence-electron chi connectivity index (χ3n) is 3.51. The van der Waals surface area contributed by atoms with E-state index in [1.165, 1.54) is 32.2 Å². The Morgan fingerprint density at radius 1 is 1.08 bits per heavy atom. The first-order chi connectivity index (χ1) is 12.0. The lowest BCUT2D eigenvalue weighted by Gasteiger charge is -2.14. The molecule has 0 saturated carbocycles. The van der Waals surface area contributed by atoms with E-state index in [-0.39, 0.29) is 23.8 Å². The van der Waals surface area contributed by atoms with Crippen molar-refractivity contribution in [3.05, 3.63) is 57.6 Å². The van der Waals surface area contributed by atoms with Crippen LogP contribution in [0.4, 0.5) is 5.69 Å². The third kappa shape index (κ3) is 4.47. The highest BCUT2D eigenvalue weighted by Crippen LogP contribution is 2.32. The van der Waals surface area contributed by atoms with Gasteiger partial charge in [0.1, 0.15) is 12.4 Å². The Morgan fingerprint density at radius 2 is 1.80 bits per heavy atom. The number of methoxy groups -OCH3 is 1.